The molecule has 0 heterocycles. The fourth-order valence-electron chi connectivity index (χ4n) is 5.36. The van der Waals surface area contributed by atoms with Gasteiger partial charge < -0.3 is 0 Å². The van der Waals surface area contributed by atoms with Crippen molar-refractivity contribution in [2.45, 2.75) is 113 Å². The molecular formula is C26H52As6. The van der Waals surface area contributed by atoms with Crippen molar-refractivity contribution < 1.29 is 0 Å². The SMILES string of the molecule is C[As](C)CCC[As](CCC[As](C)C)(CCC[As](C)C)(CCC[As](C)C)c1ccccc1[As]. The predicted molar refractivity (Wildman–Crippen MR) is 164 cm³/mol. The minimum atomic E-state index is -2.70. The first-order valence-corrected chi connectivity index (χ1v) is 39.9. The zero-order valence-electron chi connectivity index (χ0n) is 22.5. The number of rotatable bonds is 17. The maximum atomic E-state index is 3.03. The summed E-state index contributed by atoms with van der Waals surface area (Å²) in [6.45, 7) is 0. The summed E-state index contributed by atoms with van der Waals surface area (Å²) in [6, 6.07) is 9.78. The van der Waals surface area contributed by atoms with Crippen molar-refractivity contribution in [1.82, 2.24) is 0 Å². The van der Waals surface area contributed by atoms with E-state index in [1.165, 1.54) is 0 Å². The van der Waals surface area contributed by atoms with Gasteiger partial charge in [0.05, 0.1) is 0 Å². The number of hydrogen-bond donors (Lipinski definition) is 0. The Kier molecular flexibility index (Phi) is 16.7. The molecule has 1 aromatic rings. The third-order valence-electron chi connectivity index (χ3n) is 6.96. The first-order valence-electron chi connectivity index (χ1n) is 12.4. The van der Waals surface area contributed by atoms with Crippen LogP contribution in [-0.2, 0) is 0 Å². The second-order valence-corrected chi connectivity index (χ2v) is 46.9. The molecule has 0 bridgehead atoms. The Hall–Kier alpha value is 2.57. The quantitative estimate of drug-likeness (QED) is 0.142. The van der Waals surface area contributed by atoms with E-state index in [2.05, 4.69) is 86.8 Å². The van der Waals surface area contributed by atoms with Gasteiger partial charge in [0.1, 0.15) is 0 Å². The molecule has 1 rings (SSSR count). The number of benzene rings is 1. The van der Waals surface area contributed by atoms with Gasteiger partial charge in [-0.1, -0.05) is 0 Å². The van der Waals surface area contributed by atoms with E-state index in [1.54, 1.807) is 71.7 Å². The van der Waals surface area contributed by atoms with Crippen molar-refractivity contribution in [2.24, 2.45) is 0 Å². The van der Waals surface area contributed by atoms with Gasteiger partial charge in [-0.3, -0.25) is 0 Å². The van der Waals surface area contributed by atoms with Crippen LogP contribution in [0, 0.1) is 0 Å². The van der Waals surface area contributed by atoms with Crippen LogP contribution >= 0.6 is 0 Å². The molecule has 0 amide bonds. The van der Waals surface area contributed by atoms with E-state index in [4.69, 9.17) is 0 Å². The van der Waals surface area contributed by atoms with Crippen LogP contribution in [0.4, 0.5) is 0 Å². The summed E-state index contributed by atoms with van der Waals surface area (Å²) in [5, 5.41) is 12.8. The second kappa shape index (κ2) is 16.4. The summed E-state index contributed by atoms with van der Waals surface area (Å²) in [6.07, 6.45) is 6.16. The summed E-state index contributed by atoms with van der Waals surface area (Å²) in [5.41, 5.74) is 20.7. The first kappa shape index (κ1) is 32.6. The average Bonchev–Trinajstić information content (AvgIpc) is 2.67. The average molecular weight is 814 g/mol. The Bertz CT molecular complexity index is 573. The molecule has 0 N–H and O–H groups in total. The molecule has 186 valence electrons. The first-order chi connectivity index (χ1) is 15.0. The van der Waals surface area contributed by atoms with E-state index >= 15 is 0 Å². The molecule has 2 radical (unpaired) electrons. The molecule has 0 nitrogen and oxygen atoms in total. The van der Waals surface area contributed by atoms with Gasteiger partial charge in [0, 0.05) is 0 Å². The summed E-state index contributed by atoms with van der Waals surface area (Å²) < 4.78 is 3.52. The van der Waals surface area contributed by atoms with Gasteiger partial charge in [0.15, 0.2) is 0 Å². The van der Waals surface area contributed by atoms with Gasteiger partial charge in [-0.15, -0.1) is 0 Å². The molecule has 0 saturated heterocycles. The van der Waals surface area contributed by atoms with E-state index in [0.29, 0.717) is 0 Å². The molecule has 0 unspecified atom stereocenters. The van der Waals surface area contributed by atoms with Crippen LogP contribution in [0.1, 0.15) is 25.7 Å². The Balaban J connectivity index is 3.53. The van der Waals surface area contributed by atoms with E-state index in [0.717, 1.165) is 0 Å². The minimum absolute atomic E-state index is 0.547. The van der Waals surface area contributed by atoms with Crippen molar-refractivity contribution in [3.8, 4) is 0 Å². The summed E-state index contributed by atoms with van der Waals surface area (Å²) in [5.74, 6) is 0. The van der Waals surface area contributed by atoms with Crippen LogP contribution in [0.15, 0.2) is 24.3 Å². The molecule has 0 aliphatic carbocycles. The molecule has 0 spiro atoms. The monoisotopic (exact) mass is 814 g/mol. The standard InChI is InChI=1S/C26H52As6/c1-28(2)17-11-21-32(22-12-18-29(3)4,23-13-19-30(5)6,24-14-20-31(7)8)26-16-10-9-15-25(26)27/h9-10,15-16H,11-14,17-24H2,1-8H3. The molecule has 0 saturated carbocycles. The molecule has 0 atom stereocenters. The second-order valence-electron chi connectivity index (χ2n) is 11.0. The van der Waals surface area contributed by atoms with E-state index < -0.39 is 71.1 Å². The maximum absolute atomic E-state index is 3.03. The topological polar surface area (TPSA) is 0 Å². The molecule has 0 aromatic heterocycles. The Morgan fingerprint density at radius 1 is 0.562 bits per heavy atom. The van der Waals surface area contributed by atoms with E-state index in [9.17, 15) is 0 Å². The Labute approximate surface area is 231 Å². The van der Waals surface area contributed by atoms with Gasteiger partial charge in [0.2, 0.25) is 0 Å². The fourth-order valence-corrected chi connectivity index (χ4v) is 35.8. The van der Waals surface area contributed by atoms with Gasteiger partial charge in [-0.25, -0.2) is 0 Å². The van der Waals surface area contributed by atoms with Crippen LogP contribution in [-0.4, -0.2) is 87.9 Å². The van der Waals surface area contributed by atoms with Crippen LogP contribution in [0.25, 0.3) is 0 Å². The molecule has 0 aliphatic rings. The third kappa shape index (κ3) is 11.3. The van der Waals surface area contributed by atoms with Crippen molar-refractivity contribution in [3.63, 3.8) is 0 Å². The molecule has 0 aliphatic heterocycles. The van der Waals surface area contributed by atoms with Crippen LogP contribution in [0.2, 0.25) is 87.4 Å². The summed E-state index contributed by atoms with van der Waals surface area (Å²) in [4.78, 5) is 0. The van der Waals surface area contributed by atoms with Crippen molar-refractivity contribution in [1.29, 1.82) is 0 Å². The van der Waals surface area contributed by atoms with Crippen molar-refractivity contribution in [2.75, 3.05) is 0 Å². The number of hydrogen-bond acceptors (Lipinski definition) is 0. The molecular weight excluding hydrogens is 762 g/mol. The van der Waals surface area contributed by atoms with Gasteiger partial charge >= 0.3 is 234 Å². The van der Waals surface area contributed by atoms with E-state index in [1.807, 2.05) is 4.35 Å². The van der Waals surface area contributed by atoms with Gasteiger partial charge in [-0.05, 0) is 0 Å². The third-order valence-corrected chi connectivity index (χ3v) is 34.9. The normalized spacial score (nSPS) is 14.0. The fraction of sp³-hybridized carbons (Fsp3) is 0.769. The Morgan fingerprint density at radius 3 is 1.16 bits per heavy atom. The van der Waals surface area contributed by atoms with Gasteiger partial charge in [0.25, 0.3) is 0 Å². The van der Waals surface area contributed by atoms with Crippen molar-refractivity contribution in [3.05, 3.63) is 24.3 Å². The van der Waals surface area contributed by atoms with Crippen molar-refractivity contribution >= 4 is 96.6 Å². The summed E-state index contributed by atoms with van der Waals surface area (Å²) >= 11 is -1.86. The molecule has 0 fully saturated rings. The molecule has 1 aromatic carbocycles. The molecule has 6 heteroatoms. The summed E-state index contributed by atoms with van der Waals surface area (Å²) in [7, 11) is 0. The Morgan fingerprint density at radius 2 is 0.875 bits per heavy atom. The zero-order chi connectivity index (χ0) is 24.2. The van der Waals surface area contributed by atoms with Crippen LogP contribution in [0.5, 0.6) is 0 Å². The zero-order valence-corrected chi connectivity index (χ0v) is 33.7. The van der Waals surface area contributed by atoms with Crippen LogP contribution < -0.4 is 8.70 Å². The van der Waals surface area contributed by atoms with E-state index in [-0.39, 0.29) is 0 Å². The van der Waals surface area contributed by atoms with Gasteiger partial charge in [-0.2, -0.15) is 0 Å². The predicted octanol–water partition coefficient (Wildman–Crippen LogP) is 7.67. The molecule has 32 heavy (non-hydrogen) atoms. The van der Waals surface area contributed by atoms with Crippen LogP contribution in [0.3, 0.4) is 0 Å².